The van der Waals surface area contributed by atoms with E-state index in [-0.39, 0.29) is 17.9 Å². The van der Waals surface area contributed by atoms with Gasteiger partial charge in [-0.2, -0.15) is 13.2 Å². The summed E-state index contributed by atoms with van der Waals surface area (Å²) in [5, 5.41) is 0. The summed E-state index contributed by atoms with van der Waals surface area (Å²) in [5.41, 5.74) is -0.421. The molecule has 114 valence electrons. The maximum absolute atomic E-state index is 12.4. The minimum absolute atomic E-state index is 0.108. The molecule has 0 N–H and O–H groups in total. The molecule has 6 heteroatoms. The van der Waals surface area contributed by atoms with E-state index in [1.165, 1.54) is 12.1 Å². The van der Waals surface area contributed by atoms with E-state index in [0.29, 0.717) is 11.8 Å². The van der Waals surface area contributed by atoms with Crippen molar-refractivity contribution in [2.24, 2.45) is 0 Å². The highest BCUT2D eigenvalue weighted by atomic mass is 19.4. The van der Waals surface area contributed by atoms with Crippen LogP contribution in [0.4, 0.5) is 13.2 Å². The number of alkyl halides is 3. The lowest BCUT2D eigenvalue weighted by atomic mass is 10.1. The van der Waals surface area contributed by atoms with Gasteiger partial charge >= 0.3 is 6.18 Å². The Balaban J connectivity index is 2.05. The van der Waals surface area contributed by atoms with Crippen LogP contribution in [0, 0.1) is 0 Å². The summed E-state index contributed by atoms with van der Waals surface area (Å²) in [6, 6.07) is 10.2. The molecule has 0 unspecified atom stereocenters. The molecule has 0 aliphatic heterocycles. The van der Waals surface area contributed by atoms with Gasteiger partial charge in [0.2, 0.25) is 0 Å². The fourth-order valence-electron chi connectivity index (χ4n) is 1.78. The van der Waals surface area contributed by atoms with E-state index in [0.717, 1.165) is 24.3 Å². The van der Waals surface area contributed by atoms with Gasteiger partial charge in [-0.25, -0.2) is 0 Å². The van der Waals surface area contributed by atoms with Gasteiger partial charge in [0.25, 0.3) is 0 Å². The molecule has 0 saturated heterocycles. The van der Waals surface area contributed by atoms with Gasteiger partial charge in [0.05, 0.1) is 11.1 Å². The van der Waals surface area contributed by atoms with Crippen LogP contribution in [0.3, 0.4) is 0 Å². The SMILES string of the molecule is O=Cc1ccccc1OCC(=O)c1ccc(C(F)(F)F)cc1. The smallest absolute Gasteiger partial charge is 0.416 e. The predicted octanol–water partition coefficient (Wildman–Crippen LogP) is 3.78. The van der Waals surface area contributed by atoms with Crippen LogP contribution in [0.15, 0.2) is 48.5 Å². The van der Waals surface area contributed by atoms with Crippen molar-refractivity contribution >= 4 is 12.1 Å². The number of hydrogen-bond acceptors (Lipinski definition) is 3. The molecule has 0 fully saturated rings. The number of Topliss-reactive ketones (excluding diaryl/α,β-unsaturated/α-hetero) is 1. The minimum Gasteiger partial charge on any atom is -0.485 e. The zero-order chi connectivity index (χ0) is 16.2. The number of ketones is 1. The lowest BCUT2D eigenvalue weighted by molar-refractivity contribution is -0.137. The third-order valence-corrected chi connectivity index (χ3v) is 2.94. The number of halogens is 3. The molecule has 0 bridgehead atoms. The van der Waals surface area contributed by atoms with Crippen LogP contribution in [-0.4, -0.2) is 18.7 Å². The molecule has 0 heterocycles. The summed E-state index contributed by atoms with van der Waals surface area (Å²) in [4.78, 5) is 22.7. The van der Waals surface area contributed by atoms with Gasteiger partial charge in [0.1, 0.15) is 5.75 Å². The zero-order valence-corrected chi connectivity index (χ0v) is 11.3. The highest BCUT2D eigenvalue weighted by Crippen LogP contribution is 2.29. The lowest BCUT2D eigenvalue weighted by Crippen LogP contribution is -2.13. The molecule has 0 aliphatic carbocycles. The number of carbonyl (C=O) groups is 2. The van der Waals surface area contributed by atoms with Crippen LogP contribution in [-0.2, 0) is 6.18 Å². The monoisotopic (exact) mass is 308 g/mol. The third-order valence-electron chi connectivity index (χ3n) is 2.94. The average Bonchev–Trinajstić information content (AvgIpc) is 2.52. The second-order valence-electron chi connectivity index (χ2n) is 4.44. The van der Waals surface area contributed by atoms with Gasteiger partial charge in [-0.3, -0.25) is 9.59 Å². The number of hydrogen-bond donors (Lipinski definition) is 0. The number of carbonyl (C=O) groups excluding carboxylic acids is 2. The second-order valence-corrected chi connectivity index (χ2v) is 4.44. The van der Waals surface area contributed by atoms with Gasteiger partial charge in [0, 0.05) is 5.56 Å². The van der Waals surface area contributed by atoms with Crippen molar-refractivity contribution in [1.82, 2.24) is 0 Å². The normalized spacial score (nSPS) is 11.0. The maximum Gasteiger partial charge on any atom is 0.416 e. The maximum atomic E-state index is 12.4. The molecule has 0 amide bonds. The standard InChI is InChI=1S/C16H11F3O3/c17-16(18,19)13-7-5-11(6-8-13)14(21)10-22-15-4-2-1-3-12(15)9-20/h1-9H,10H2. The molecule has 2 aromatic carbocycles. The fourth-order valence-corrected chi connectivity index (χ4v) is 1.78. The highest BCUT2D eigenvalue weighted by molar-refractivity contribution is 5.97. The minimum atomic E-state index is -4.44. The molecule has 0 aliphatic rings. The Bertz CT molecular complexity index is 676. The van der Waals surface area contributed by atoms with Crippen molar-refractivity contribution < 1.29 is 27.5 Å². The van der Waals surface area contributed by atoms with E-state index < -0.39 is 17.5 Å². The van der Waals surface area contributed by atoms with Crippen LogP contribution in [0.25, 0.3) is 0 Å². The van der Waals surface area contributed by atoms with Crippen LogP contribution in [0.1, 0.15) is 26.3 Å². The number of aldehydes is 1. The molecule has 3 nitrogen and oxygen atoms in total. The molecule has 0 saturated carbocycles. The Kier molecular flexibility index (Phi) is 4.60. The summed E-state index contributed by atoms with van der Waals surface area (Å²) in [6.07, 6.45) is -3.85. The average molecular weight is 308 g/mol. The van der Waals surface area contributed by atoms with E-state index in [2.05, 4.69) is 0 Å². The molecule has 0 atom stereocenters. The first-order valence-electron chi connectivity index (χ1n) is 6.29. The predicted molar refractivity (Wildman–Crippen MR) is 73.1 cm³/mol. The summed E-state index contributed by atoms with van der Waals surface area (Å²) < 4.78 is 42.5. The topological polar surface area (TPSA) is 43.4 Å². The number of para-hydroxylation sites is 1. The Morgan fingerprint density at radius 3 is 2.27 bits per heavy atom. The van der Waals surface area contributed by atoms with E-state index in [9.17, 15) is 22.8 Å². The second kappa shape index (κ2) is 6.43. The molecule has 2 aromatic rings. The summed E-state index contributed by atoms with van der Waals surface area (Å²) in [5.74, 6) is -0.229. The highest BCUT2D eigenvalue weighted by Gasteiger charge is 2.30. The summed E-state index contributed by atoms with van der Waals surface area (Å²) >= 11 is 0. The first kappa shape index (κ1) is 15.8. The lowest BCUT2D eigenvalue weighted by Gasteiger charge is -2.09. The Morgan fingerprint density at radius 2 is 1.68 bits per heavy atom. The van der Waals surface area contributed by atoms with Gasteiger partial charge in [-0.15, -0.1) is 0 Å². The van der Waals surface area contributed by atoms with Crippen LogP contribution < -0.4 is 4.74 Å². The first-order valence-corrected chi connectivity index (χ1v) is 6.29. The zero-order valence-electron chi connectivity index (χ0n) is 11.3. The quantitative estimate of drug-likeness (QED) is 0.623. The van der Waals surface area contributed by atoms with Crippen molar-refractivity contribution in [3.8, 4) is 5.75 Å². The van der Waals surface area contributed by atoms with E-state index in [4.69, 9.17) is 4.74 Å². The van der Waals surface area contributed by atoms with Crippen molar-refractivity contribution in [2.75, 3.05) is 6.61 Å². The molecule has 0 aromatic heterocycles. The number of rotatable bonds is 5. The molecular weight excluding hydrogens is 297 g/mol. The first-order chi connectivity index (χ1) is 10.4. The molecule has 22 heavy (non-hydrogen) atoms. The van der Waals surface area contributed by atoms with Crippen molar-refractivity contribution in [3.63, 3.8) is 0 Å². The summed E-state index contributed by atoms with van der Waals surface area (Å²) in [7, 11) is 0. The van der Waals surface area contributed by atoms with E-state index >= 15 is 0 Å². The van der Waals surface area contributed by atoms with Gasteiger partial charge in [0.15, 0.2) is 18.7 Å². The molecular formula is C16H11F3O3. The van der Waals surface area contributed by atoms with Gasteiger partial charge < -0.3 is 4.74 Å². The van der Waals surface area contributed by atoms with Gasteiger partial charge in [-0.1, -0.05) is 24.3 Å². The number of benzene rings is 2. The Hall–Kier alpha value is -2.63. The largest absolute Gasteiger partial charge is 0.485 e. The molecule has 0 spiro atoms. The van der Waals surface area contributed by atoms with Crippen LogP contribution in [0.2, 0.25) is 0 Å². The van der Waals surface area contributed by atoms with E-state index in [1.807, 2.05) is 0 Å². The fraction of sp³-hybridized carbons (Fsp3) is 0.125. The number of ether oxygens (including phenoxy) is 1. The van der Waals surface area contributed by atoms with Crippen LogP contribution >= 0.6 is 0 Å². The van der Waals surface area contributed by atoms with Crippen molar-refractivity contribution in [2.45, 2.75) is 6.18 Å². The van der Waals surface area contributed by atoms with Crippen LogP contribution in [0.5, 0.6) is 5.75 Å². The Labute approximate surface area is 124 Å². The van der Waals surface area contributed by atoms with Crippen molar-refractivity contribution in [3.05, 3.63) is 65.2 Å². The van der Waals surface area contributed by atoms with E-state index in [1.54, 1.807) is 12.1 Å². The van der Waals surface area contributed by atoms with Gasteiger partial charge in [-0.05, 0) is 24.3 Å². The molecule has 0 radical (unpaired) electrons. The third kappa shape index (κ3) is 3.72. The molecule has 2 rings (SSSR count). The van der Waals surface area contributed by atoms with Crippen molar-refractivity contribution in [1.29, 1.82) is 0 Å². The summed E-state index contributed by atoms with van der Waals surface area (Å²) in [6.45, 7) is -0.365. The Morgan fingerprint density at radius 1 is 1.05 bits per heavy atom.